The van der Waals surface area contributed by atoms with Crippen molar-refractivity contribution in [3.05, 3.63) is 0 Å². The molecule has 0 aromatic rings. The Kier molecular flexibility index (Phi) is 21.6. The van der Waals surface area contributed by atoms with Gasteiger partial charge in [-0.05, 0) is 12.8 Å². The molecule has 1 amide bonds. The Balaban J connectivity index is 3.41. The highest BCUT2D eigenvalue weighted by Crippen LogP contribution is 2.14. The molecule has 0 heterocycles. The Labute approximate surface area is 181 Å². The number of carbonyl (C=O) groups excluding carboxylic acids is 1. The monoisotopic (exact) mass is 413 g/mol. The first-order chi connectivity index (χ1) is 14.2. The molecule has 174 valence electrons. The number of hydrogen-bond acceptors (Lipinski definition) is 3. The number of carbonyl (C=O) groups is 1. The average molecular weight is 414 g/mol. The van der Waals surface area contributed by atoms with Gasteiger partial charge < -0.3 is 15.5 Å². The van der Waals surface area contributed by atoms with Crippen LogP contribution >= 0.6 is 0 Å². The summed E-state index contributed by atoms with van der Waals surface area (Å²) >= 11 is 0. The lowest BCUT2D eigenvalue weighted by Crippen LogP contribution is -2.45. The third-order valence-corrected chi connectivity index (χ3v) is 5.87. The lowest BCUT2D eigenvalue weighted by atomic mass is 10.0. The number of unbranched alkanes of at least 4 members (excludes halogenated alkanes) is 15. The molecule has 0 aliphatic heterocycles. The molecule has 0 spiro atoms. The molecule has 0 aromatic heterocycles. The number of hydrogen-bond donors (Lipinski definition) is 3. The van der Waals surface area contributed by atoms with Gasteiger partial charge in [0.2, 0.25) is 5.91 Å². The van der Waals surface area contributed by atoms with Gasteiger partial charge in [-0.15, -0.1) is 0 Å². The minimum absolute atomic E-state index is 0.0470. The van der Waals surface area contributed by atoms with Gasteiger partial charge in [-0.3, -0.25) is 4.79 Å². The van der Waals surface area contributed by atoms with Crippen molar-refractivity contribution in [2.45, 2.75) is 148 Å². The molecular formula is C25H51NO3. The molecule has 3 N–H and O–H groups in total. The van der Waals surface area contributed by atoms with Crippen LogP contribution in [-0.2, 0) is 4.79 Å². The zero-order valence-electron chi connectivity index (χ0n) is 19.6. The summed E-state index contributed by atoms with van der Waals surface area (Å²) in [7, 11) is 0. The van der Waals surface area contributed by atoms with E-state index in [2.05, 4.69) is 19.2 Å². The summed E-state index contributed by atoms with van der Waals surface area (Å²) in [5.41, 5.74) is 0. The third-order valence-electron chi connectivity index (χ3n) is 5.87. The van der Waals surface area contributed by atoms with Crippen LogP contribution < -0.4 is 5.32 Å². The molecule has 0 aliphatic rings. The second kappa shape index (κ2) is 22.1. The Morgan fingerprint density at radius 3 is 1.52 bits per heavy atom. The summed E-state index contributed by atoms with van der Waals surface area (Å²) in [5.74, 6) is -0.0470. The molecule has 0 rings (SSSR count). The first kappa shape index (κ1) is 28.4. The zero-order chi connectivity index (χ0) is 21.6. The van der Waals surface area contributed by atoms with E-state index in [1.807, 2.05) is 0 Å². The molecule has 0 bridgehead atoms. The normalized spacial score (nSPS) is 13.4. The highest BCUT2D eigenvalue weighted by molar-refractivity contribution is 5.76. The minimum Gasteiger partial charge on any atom is -0.394 e. The van der Waals surface area contributed by atoms with Crippen LogP contribution in [0.15, 0.2) is 0 Å². The van der Waals surface area contributed by atoms with Crippen molar-refractivity contribution in [2.75, 3.05) is 6.61 Å². The molecule has 0 saturated carbocycles. The van der Waals surface area contributed by atoms with Gasteiger partial charge in [0.15, 0.2) is 0 Å². The van der Waals surface area contributed by atoms with Gasteiger partial charge in [-0.2, -0.15) is 0 Å². The van der Waals surface area contributed by atoms with Crippen LogP contribution in [0.5, 0.6) is 0 Å². The molecule has 0 unspecified atom stereocenters. The number of amides is 1. The average Bonchev–Trinajstić information content (AvgIpc) is 2.72. The number of aliphatic hydroxyl groups is 2. The number of rotatable bonds is 22. The maximum atomic E-state index is 12.0. The van der Waals surface area contributed by atoms with Gasteiger partial charge in [0.05, 0.1) is 18.8 Å². The van der Waals surface area contributed by atoms with Crippen LogP contribution in [0.1, 0.15) is 136 Å². The summed E-state index contributed by atoms with van der Waals surface area (Å²) in [6.45, 7) is 4.14. The fourth-order valence-corrected chi connectivity index (χ4v) is 3.81. The molecule has 0 aliphatic carbocycles. The van der Waals surface area contributed by atoms with Gasteiger partial charge in [-0.25, -0.2) is 0 Å². The van der Waals surface area contributed by atoms with E-state index in [-0.39, 0.29) is 12.5 Å². The minimum atomic E-state index is -0.648. The second-order valence-electron chi connectivity index (χ2n) is 8.77. The van der Waals surface area contributed by atoms with Crippen molar-refractivity contribution in [2.24, 2.45) is 0 Å². The Morgan fingerprint density at radius 1 is 0.690 bits per heavy atom. The molecule has 4 heteroatoms. The summed E-state index contributed by atoms with van der Waals surface area (Å²) in [5, 5.41) is 22.2. The maximum absolute atomic E-state index is 12.0. The van der Waals surface area contributed by atoms with Crippen molar-refractivity contribution < 1.29 is 15.0 Å². The quantitative estimate of drug-likeness (QED) is 0.183. The van der Waals surface area contributed by atoms with Gasteiger partial charge in [0.1, 0.15) is 0 Å². The van der Waals surface area contributed by atoms with Crippen LogP contribution in [0.2, 0.25) is 0 Å². The van der Waals surface area contributed by atoms with Gasteiger partial charge in [0, 0.05) is 6.42 Å². The van der Waals surface area contributed by atoms with Crippen LogP contribution in [0, 0.1) is 0 Å². The first-order valence-electron chi connectivity index (χ1n) is 12.7. The smallest absolute Gasteiger partial charge is 0.220 e. The fraction of sp³-hybridized carbons (Fsp3) is 0.960. The molecular weight excluding hydrogens is 362 g/mol. The maximum Gasteiger partial charge on any atom is 0.220 e. The van der Waals surface area contributed by atoms with Crippen molar-refractivity contribution in [3.8, 4) is 0 Å². The summed E-state index contributed by atoms with van der Waals surface area (Å²) in [4.78, 5) is 12.0. The lowest BCUT2D eigenvalue weighted by molar-refractivity contribution is -0.123. The Bertz CT molecular complexity index is 349. The molecule has 0 saturated heterocycles. The predicted octanol–water partition coefficient (Wildman–Crippen LogP) is 6.28. The van der Waals surface area contributed by atoms with Crippen molar-refractivity contribution >= 4 is 5.91 Å². The van der Waals surface area contributed by atoms with Gasteiger partial charge in [0.25, 0.3) is 0 Å². The highest BCUT2D eigenvalue weighted by Gasteiger charge is 2.19. The summed E-state index contributed by atoms with van der Waals surface area (Å²) < 4.78 is 0. The molecule has 0 radical (unpaired) electrons. The van der Waals surface area contributed by atoms with Crippen molar-refractivity contribution in [1.82, 2.24) is 5.32 Å². The van der Waals surface area contributed by atoms with E-state index in [4.69, 9.17) is 0 Å². The summed E-state index contributed by atoms with van der Waals surface area (Å²) in [6, 6.07) is -0.523. The van der Waals surface area contributed by atoms with E-state index < -0.39 is 12.1 Å². The van der Waals surface area contributed by atoms with Crippen LogP contribution in [0.4, 0.5) is 0 Å². The molecule has 4 nitrogen and oxygen atoms in total. The molecule has 0 aromatic carbocycles. The van der Waals surface area contributed by atoms with E-state index in [0.717, 1.165) is 25.7 Å². The standard InChI is InChI=1S/C25H51NO3/c1-3-5-7-8-9-10-11-12-13-14-15-16-17-18-19-21-25(29)26-23(22-27)24(28)20-6-4-2/h23-24,27-28H,3-22H2,1-2H3,(H,26,29)/t23-,24+/m1/s1. The fourth-order valence-electron chi connectivity index (χ4n) is 3.81. The Hall–Kier alpha value is -0.610. The van der Waals surface area contributed by atoms with E-state index in [1.54, 1.807) is 0 Å². The van der Waals surface area contributed by atoms with Gasteiger partial charge >= 0.3 is 0 Å². The number of aliphatic hydroxyl groups excluding tert-OH is 2. The van der Waals surface area contributed by atoms with Gasteiger partial charge in [-0.1, -0.05) is 117 Å². The second-order valence-corrected chi connectivity index (χ2v) is 8.77. The van der Waals surface area contributed by atoms with Crippen molar-refractivity contribution in [1.29, 1.82) is 0 Å². The van der Waals surface area contributed by atoms with E-state index >= 15 is 0 Å². The Morgan fingerprint density at radius 2 is 1.10 bits per heavy atom. The lowest BCUT2D eigenvalue weighted by Gasteiger charge is -2.22. The van der Waals surface area contributed by atoms with Crippen LogP contribution in [0.25, 0.3) is 0 Å². The SMILES string of the molecule is CCCCCCCCCCCCCCCCCC(=O)N[C@H](CO)[C@@H](O)CCCC. The molecule has 29 heavy (non-hydrogen) atoms. The molecule has 0 fully saturated rings. The van der Waals surface area contributed by atoms with Crippen LogP contribution in [0.3, 0.4) is 0 Å². The van der Waals surface area contributed by atoms with E-state index in [0.29, 0.717) is 12.8 Å². The first-order valence-corrected chi connectivity index (χ1v) is 12.7. The largest absolute Gasteiger partial charge is 0.394 e. The summed E-state index contributed by atoms with van der Waals surface area (Å²) in [6.07, 6.45) is 22.1. The van der Waals surface area contributed by atoms with E-state index in [9.17, 15) is 15.0 Å². The van der Waals surface area contributed by atoms with E-state index in [1.165, 1.54) is 83.5 Å². The predicted molar refractivity (Wildman–Crippen MR) is 124 cm³/mol. The third kappa shape index (κ3) is 19.1. The molecule has 2 atom stereocenters. The highest BCUT2D eigenvalue weighted by atomic mass is 16.3. The zero-order valence-corrected chi connectivity index (χ0v) is 19.6. The van der Waals surface area contributed by atoms with Crippen molar-refractivity contribution in [3.63, 3.8) is 0 Å². The number of nitrogens with one attached hydrogen (secondary N) is 1. The van der Waals surface area contributed by atoms with Crippen LogP contribution in [-0.4, -0.2) is 34.9 Å². The topological polar surface area (TPSA) is 69.6 Å².